The quantitative estimate of drug-likeness (QED) is 0.0261. The highest BCUT2D eigenvalue weighted by Gasteiger charge is 2.19. The van der Waals surface area contributed by atoms with Crippen LogP contribution in [-0.4, -0.2) is 37.2 Å². The number of allylic oxidation sites excluding steroid dienone is 8. The minimum atomic E-state index is -0.799. The van der Waals surface area contributed by atoms with Gasteiger partial charge in [0.2, 0.25) is 0 Å². The number of hydrogen-bond donors (Lipinski definition) is 0. The van der Waals surface area contributed by atoms with Gasteiger partial charge in [0.1, 0.15) is 13.2 Å². The van der Waals surface area contributed by atoms with Crippen molar-refractivity contribution in [1.82, 2.24) is 0 Å². The maximum atomic E-state index is 12.9. The summed E-state index contributed by atoms with van der Waals surface area (Å²) in [5.41, 5.74) is 0. The first kappa shape index (κ1) is 76.4. The SMILES string of the molecule is CC/C=C\C/C=C\C/C=C\C/C=C\CCC(=O)OCC(COC(=O)CCCCCCCCCCCCCCCCCCCCCCCCCCCCCC)OC(=O)CCCCCCCCCCCCCCCCCCCCCC. The standard InChI is InChI=1S/C73H134O6/c1-4-7-10-13-16-19-22-25-27-29-31-33-34-35-36-37-38-39-40-42-43-45-48-51-54-57-60-63-66-72(75)78-69-70(68-77-71(74)65-62-59-56-53-50-47-24-21-18-15-12-9-6-3)79-73(76)67-64-61-58-55-52-49-46-44-41-32-30-28-26-23-20-17-14-11-8-5-2/h9,12,18,21,47,50,56,59,70H,4-8,10-11,13-17,19-20,22-46,48-49,51-55,57-58,60-69H2,1-3H3/b12-9-,21-18-,50-47-,59-56-. The van der Waals surface area contributed by atoms with E-state index in [2.05, 4.69) is 63.3 Å². The third kappa shape index (κ3) is 66.1. The minimum Gasteiger partial charge on any atom is -0.462 e. The maximum absolute atomic E-state index is 12.9. The molecule has 0 saturated carbocycles. The molecular formula is C73H134O6. The van der Waals surface area contributed by atoms with Gasteiger partial charge in [-0.2, -0.15) is 0 Å². The molecule has 79 heavy (non-hydrogen) atoms. The summed E-state index contributed by atoms with van der Waals surface area (Å²) in [7, 11) is 0. The molecule has 1 atom stereocenters. The second kappa shape index (κ2) is 67.9. The average Bonchev–Trinajstić information content (AvgIpc) is 3.45. The molecule has 462 valence electrons. The summed E-state index contributed by atoms with van der Waals surface area (Å²) in [5.74, 6) is -0.949. The van der Waals surface area contributed by atoms with Crippen molar-refractivity contribution in [3.05, 3.63) is 48.6 Å². The van der Waals surface area contributed by atoms with Gasteiger partial charge in [-0.25, -0.2) is 0 Å². The molecule has 6 heteroatoms. The van der Waals surface area contributed by atoms with Crippen molar-refractivity contribution < 1.29 is 28.6 Å². The molecule has 0 radical (unpaired) electrons. The molecule has 0 aliphatic heterocycles. The van der Waals surface area contributed by atoms with Gasteiger partial charge in [0.15, 0.2) is 6.10 Å². The minimum absolute atomic E-state index is 0.0898. The molecule has 0 aromatic rings. The number of rotatable bonds is 65. The Balaban J connectivity index is 4.21. The van der Waals surface area contributed by atoms with Crippen LogP contribution >= 0.6 is 0 Å². The molecule has 6 nitrogen and oxygen atoms in total. The van der Waals surface area contributed by atoms with Crippen molar-refractivity contribution in [3.63, 3.8) is 0 Å². The van der Waals surface area contributed by atoms with Crippen LogP contribution < -0.4 is 0 Å². The van der Waals surface area contributed by atoms with E-state index in [4.69, 9.17) is 14.2 Å². The summed E-state index contributed by atoms with van der Waals surface area (Å²) in [6, 6.07) is 0. The molecule has 0 aliphatic carbocycles. The van der Waals surface area contributed by atoms with Gasteiger partial charge < -0.3 is 14.2 Å². The Labute approximate surface area is 492 Å². The summed E-state index contributed by atoms with van der Waals surface area (Å²) in [6.45, 7) is 6.54. The lowest BCUT2D eigenvalue weighted by atomic mass is 10.0. The summed E-state index contributed by atoms with van der Waals surface area (Å²) in [5, 5.41) is 0. The smallest absolute Gasteiger partial charge is 0.306 e. The molecule has 0 spiro atoms. The van der Waals surface area contributed by atoms with Crippen molar-refractivity contribution in [1.29, 1.82) is 0 Å². The van der Waals surface area contributed by atoms with Gasteiger partial charge in [-0.1, -0.05) is 365 Å². The molecule has 0 N–H and O–H groups in total. The fourth-order valence-corrected chi connectivity index (χ4v) is 10.6. The Morgan fingerprint density at radius 2 is 0.494 bits per heavy atom. The van der Waals surface area contributed by atoms with Crippen LogP contribution in [0, 0.1) is 0 Å². The normalized spacial score (nSPS) is 12.3. The molecule has 0 aromatic carbocycles. The summed E-state index contributed by atoms with van der Waals surface area (Å²) >= 11 is 0. The predicted molar refractivity (Wildman–Crippen MR) is 344 cm³/mol. The third-order valence-electron chi connectivity index (χ3n) is 15.9. The van der Waals surface area contributed by atoms with Gasteiger partial charge in [-0.3, -0.25) is 14.4 Å². The lowest BCUT2D eigenvalue weighted by molar-refractivity contribution is -0.166. The van der Waals surface area contributed by atoms with Crippen LogP contribution in [0.1, 0.15) is 380 Å². The summed E-state index contributed by atoms with van der Waals surface area (Å²) in [4.78, 5) is 38.3. The highest BCUT2D eigenvalue weighted by atomic mass is 16.6. The van der Waals surface area contributed by atoms with Crippen molar-refractivity contribution in [2.45, 2.75) is 386 Å². The van der Waals surface area contributed by atoms with Crippen LogP contribution in [-0.2, 0) is 28.6 Å². The van der Waals surface area contributed by atoms with Crippen LogP contribution in [0.5, 0.6) is 0 Å². The number of hydrogen-bond acceptors (Lipinski definition) is 6. The van der Waals surface area contributed by atoms with Gasteiger partial charge >= 0.3 is 17.9 Å². The summed E-state index contributed by atoms with van der Waals surface area (Å²) < 4.78 is 16.9. The fourth-order valence-electron chi connectivity index (χ4n) is 10.6. The third-order valence-corrected chi connectivity index (χ3v) is 15.9. The first-order valence-corrected chi connectivity index (χ1v) is 35.1. The molecule has 0 bridgehead atoms. The van der Waals surface area contributed by atoms with Crippen molar-refractivity contribution in [2.24, 2.45) is 0 Å². The van der Waals surface area contributed by atoms with Crippen molar-refractivity contribution in [3.8, 4) is 0 Å². The lowest BCUT2D eigenvalue weighted by Gasteiger charge is -2.18. The highest BCUT2D eigenvalue weighted by Crippen LogP contribution is 2.19. The Bertz CT molecular complexity index is 1360. The second-order valence-corrected chi connectivity index (χ2v) is 23.8. The largest absolute Gasteiger partial charge is 0.462 e. The van der Waals surface area contributed by atoms with E-state index in [1.807, 2.05) is 6.08 Å². The molecule has 0 rings (SSSR count). The predicted octanol–water partition coefficient (Wildman–Crippen LogP) is 24.1. The lowest BCUT2D eigenvalue weighted by Crippen LogP contribution is -2.30. The average molecular weight is 1110 g/mol. The van der Waals surface area contributed by atoms with E-state index in [1.54, 1.807) is 0 Å². The Hall–Kier alpha value is -2.63. The van der Waals surface area contributed by atoms with Gasteiger partial charge in [-0.05, 0) is 44.9 Å². The molecule has 1 unspecified atom stereocenters. The van der Waals surface area contributed by atoms with Crippen LogP contribution in [0.3, 0.4) is 0 Å². The molecule has 0 aromatic heterocycles. The Kier molecular flexibility index (Phi) is 65.6. The number of carbonyl (C=O) groups is 3. The van der Waals surface area contributed by atoms with Crippen LogP contribution in [0.4, 0.5) is 0 Å². The molecule has 0 heterocycles. The van der Waals surface area contributed by atoms with Crippen molar-refractivity contribution >= 4 is 17.9 Å². The van der Waals surface area contributed by atoms with Crippen LogP contribution in [0.2, 0.25) is 0 Å². The fraction of sp³-hybridized carbons (Fsp3) is 0.849. The van der Waals surface area contributed by atoms with Crippen LogP contribution in [0.25, 0.3) is 0 Å². The maximum Gasteiger partial charge on any atom is 0.306 e. The topological polar surface area (TPSA) is 78.9 Å². The zero-order chi connectivity index (χ0) is 57.1. The second-order valence-electron chi connectivity index (χ2n) is 23.8. The Morgan fingerprint density at radius 3 is 0.772 bits per heavy atom. The van der Waals surface area contributed by atoms with Gasteiger partial charge in [0.25, 0.3) is 0 Å². The van der Waals surface area contributed by atoms with Crippen molar-refractivity contribution in [2.75, 3.05) is 13.2 Å². The van der Waals surface area contributed by atoms with E-state index < -0.39 is 6.10 Å². The van der Waals surface area contributed by atoms with Gasteiger partial charge in [0.05, 0.1) is 0 Å². The number of ether oxygens (including phenoxy) is 3. The number of esters is 3. The number of carbonyl (C=O) groups excluding carboxylic acids is 3. The molecular weight excluding hydrogens is 973 g/mol. The summed E-state index contributed by atoms with van der Waals surface area (Å²) in [6.07, 6.45) is 86.0. The first-order valence-electron chi connectivity index (χ1n) is 35.1. The van der Waals surface area contributed by atoms with E-state index >= 15 is 0 Å². The van der Waals surface area contributed by atoms with Crippen LogP contribution in [0.15, 0.2) is 48.6 Å². The molecule has 0 fully saturated rings. The van der Waals surface area contributed by atoms with E-state index in [0.29, 0.717) is 19.3 Å². The molecule has 0 amide bonds. The zero-order valence-corrected chi connectivity index (χ0v) is 53.2. The van der Waals surface area contributed by atoms with E-state index in [1.165, 1.54) is 270 Å². The van der Waals surface area contributed by atoms with E-state index in [9.17, 15) is 14.4 Å². The highest BCUT2D eigenvalue weighted by molar-refractivity contribution is 5.71. The first-order chi connectivity index (χ1) is 39.0. The Morgan fingerprint density at radius 1 is 0.266 bits per heavy atom. The number of unbranched alkanes of at least 4 members (excludes halogenated alkanes) is 46. The monoisotopic (exact) mass is 1110 g/mol. The molecule has 0 aliphatic rings. The van der Waals surface area contributed by atoms with Gasteiger partial charge in [0, 0.05) is 19.3 Å². The van der Waals surface area contributed by atoms with E-state index in [-0.39, 0.29) is 37.5 Å². The van der Waals surface area contributed by atoms with Gasteiger partial charge in [-0.15, -0.1) is 0 Å². The molecule has 0 saturated heterocycles. The zero-order valence-electron chi connectivity index (χ0n) is 53.2. The van der Waals surface area contributed by atoms with E-state index in [0.717, 1.165) is 64.2 Å².